The van der Waals surface area contributed by atoms with Crippen LogP contribution in [0.5, 0.6) is 0 Å². The summed E-state index contributed by atoms with van der Waals surface area (Å²) in [5.41, 5.74) is 12.0. The SMILES string of the molecule is C=Cc1nc(N2CCc3cccc(C(=C)Nc4nc5ccccc5s4)c3C2)ccc1-c1ccc(CC(C)CCC2CCN(CC(=C)Nc3ccc4c(C5CCC(=C)NC5=C)nn(C)c4c3)CC2)cc1C(F)(F)F. The first-order valence-electron chi connectivity index (χ1n) is 25.5. The van der Waals surface area contributed by atoms with Crippen molar-refractivity contribution in [2.45, 2.75) is 76.9 Å². The van der Waals surface area contributed by atoms with Crippen LogP contribution in [-0.4, -0.2) is 50.8 Å². The Balaban J connectivity index is 0.726. The quantitative estimate of drug-likeness (QED) is 0.0883. The fourth-order valence-electron chi connectivity index (χ4n) is 11.2. The molecule has 4 aromatic carbocycles. The summed E-state index contributed by atoms with van der Waals surface area (Å²) >= 11 is 1.58. The van der Waals surface area contributed by atoms with Crippen molar-refractivity contribution in [3.63, 3.8) is 0 Å². The lowest BCUT2D eigenvalue weighted by Crippen LogP contribution is -2.36. The molecule has 0 radical (unpaired) electrons. The Kier molecular flexibility index (Phi) is 14.2. The number of alkyl halides is 3. The molecule has 0 saturated carbocycles. The van der Waals surface area contributed by atoms with E-state index in [-0.39, 0.29) is 17.4 Å². The van der Waals surface area contributed by atoms with Crippen LogP contribution >= 0.6 is 11.3 Å². The standard InChI is InChI=1S/C60H64F3N9S/c1-8-53-49(24-25-57(67-53)72-31-28-44-12-11-13-46(51(44)36-72)40(5)66-59-68-54-14-9-10-15-56(54)73-59)48-22-19-43(33-52(48)60(61,62)63)32-37(2)16-18-42-26-29-71(30-27-42)35-39(4)65-45-20-23-50-55(34-45)70(7)69-58(50)47-21-17-38(3)64-41(47)6/h8-15,19-20,22-25,33-34,37,42,47,64-65H,1,3-6,16-18,21,26-32,35-36H2,2,7H3,(H,66,68). The number of nitrogens with one attached hydrogen (secondary N) is 3. The van der Waals surface area contributed by atoms with Crippen LogP contribution in [-0.2, 0) is 32.6 Å². The molecule has 0 bridgehead atoms. The van der Waals surface area contributed by atoms with Crippen LogP contribution in [0.1, 0.15) is 90.6 Å². The van der Waals surface area contributed by atoms with E-state index in [1.54, 1.807) is 29.5 Å². The molecule has 0 amide bonds. The Hall–Kier alpha value is -6.96. The predicted octanol–water partition coefficient (Wildman–Crippen LogP) is 14.3. The molecule has 376 valence electrons. The number of hydrogen-bond acceptors (Lipinski definition) is 9. The van der Waals surface area contributed by atoms with Gasteiger partial charge in [-0.05, 0) is 140 Å². The minimum atomic E-state index is -4.55. The van der Waals surface area contributed by atoms with Crippen molar-refractivity contribution in [3.8, 4) is 11.1 Å². The molecular weight excluding hydrogens is 936 g/mol. The van der Waals surface area contributed by atoms with E-state index in [9.17, 15) is 13.2 Å². The van der Waals surface area contributed by atoms with Gasteiger partial charge >= 0.3 is 6.18 Å². The maximum absolute atomic E-state index is 15.0. The van der Waals surface area contributed by atoms with Crippen molar-refractivity contribution < 1.29 is 13.2 Å². The van der Waals surface area contributed by atoms with E-state index >= 15 is 0 Å². The smallest absolute Gasteiger partial charge is 0.363 e. The fraction of sp³-hybridized carbons (Fsp3) is 0.317. The lowest BCUT2D eigenvalue weighted by molar-refractivity contribution is -0.137. The average molecular weight is 1000 g/mol. The molecule has 73 heavy (non-hydrogen) atoms. The molecule has 10 rings (SSSR count). The molecule has 3 N–H and O–H groups in total. The summed E-state index contributed by atoms with van der Waals surface area (Å²) in [5.74, 6) is 1.66. The summed E-state index contributed by atoms with van der Waals surface area (Å²) < 4.78 is 47.9. The molecule has 2 unspecified atom stereocenters. The summed E-state index contributed by atoms with van der Waals surface area (Å²) in [7, 11) is 1.99. The van der Waals surface area contributed by atoms with Crippen LogP contribution in [0.2, 0.25) is 0 Å². The Morgan fingerprint density at radius 3 is 2.49 bits per heavy atom. The second-order valence-electron chi connectivity index (χ2n) is 20.3. The largest absolute Gasteiger partial charge is 0.417 e. The molecule has 3 aliphatic rings. The van der Waals surface area contributed by atoms with Gasteiger partial charge < -0.3 is 20.9 Å². The lowest BCUT2D eigenvalue weighted by Gasteiger charge is -2.33. The van der Waals surface area contributed by atoms with Crippen LogP contribution < -0.4 is 20.9 Å². The molecule has 2 saturated heterocycles. The van der Waals surface area contributed by atoms with Crippen LogP contribution in [0.4, 0.5) is 29.8 Å². The fourth-order valence-corrected chi connectivity index (χ4v) is 12.0. The highest BCUT2D eigenvalue weighted by atomic mass is 32.1. The first-order valence-corrected chi connectivity index (χ1v) is 26.3. The number of allylic oxidation sites excluding steroid dienone is 2. The molecule has 0 aliphatic carbocycles. The van der Waals surface area contributed by atoms with Crippen molar-refractivity contribution in [2.24, 2.45) is 18.9 Å². The zero-order chi connectivity index (χ0) is 51.0. The number of halogens is 3. The minimum Gasteiger partial charge on any atom is -0.363 e. The van der Waals surface area contributed by atoms with Crippen molar-refractivity contribution in [3.05, 3.63) is 180 Å². The number of anilines is 3. The molecule has 3 aliphatic heterocycles. The summed E-state index contributed by atoms with van der Waals surface area (Å²) in [5, 5.41) is 17.1. The summed E-state index contributed by atoms with van der Waals surface area (Å²) in [6, 6.07) is 29.1. The molecule has 3 aromatic heterocycles. The number of aromatic nitrogens is 4. The van der Waals surface area contributed by atoms with Crippen LogP contribution in [0.3, 0.4) is 0 Å². The Morgan fingerprint density at radius 2 is 1.71 bits per heavy atom. The normalized spacial score (nSPS) is 17.1. The third-order valence-corrected chi connectivity index (χ3v) is 16.0. The van der Waals surface area contributed by atoms with Gasteiger partial charge in [0.25, 0.3) is 0 Å². The van der Waals surface area contributed by atoms with Crippen LogP contribution in [0.25, 0.3) is 44.0 Å². The number of piperidine rings is 2. The van der Waals surface area contributed by atoms with Crippen molar-refractivity contribution in [1.82, 2.24) is 30.0 Å². The zero-order valence-corrected chi connectivity index (χ0v) is 42.7. The topological polar surface area (TPSA) is 86.2 Å². The Labute approximate surface area is 430 Å². The maximum Gasteiger partial charge on any atom is 0.417 e. The van der Waals surface area contributed by atoms with Crippen molar-refractivity contribution >= 4 is 60.9 Å². The first-order chi connectivity index (χ1) is 35.2. The molecular formula is C60H64F3N9S. The number of likely N-dealkylation sites (tertiary alicyclic amines) is 1. The number of nitrogens with zero attached hydrogens (tertiary/aromatic N) is 6. The van der Waals surface area contributed by atoms with Crippen LogP contribution in [0.15, 0.2) is 141 Å². The number of pyridine rings is 1. The van der Waals surface area contributed by atoms with E-state index in [0.29, 0.717) is 48.1 Å². The molecule has 2 fully saturated rings. The number of fused-ring (bicyclic) bond motifs is 3. The highest BCUT2D eigenvalue weighted by Crippen LogP contribution is 2.41. The molecule has 9 nitrogen and oxygen atoms in total. The van der Waals surface area contributed by atoms with E-state index < -0.39 is 11.7 Å². The Morgan fingerprint density at radius 1 is 0.904 bits per heavy atom. The van der Waals surface area contributed by atoms with Gasteiger partial charge in [0, 0.05) is 77.6 Å². The average Bonchev–Trinajstić information content (AvgIpc) is 3.94. The van der Waals surface area contributed by atoms with Crippen molar-refractivity contribution in [2.75, 3.05) is 41.7 Å². The van der Waals surface area contributed by atoms with E-state index in [2.05, 4.69) is 108 Å². The molecule has 0 spiro atoms. The van der Waals surface area contributed by atoms with Crippen LogP contribution in [0, 0.1) is 11.8 Å². The number of rotatable bonds is 16. The minimum absolute atomic E-state index is 0.112. The van der Waals surface area contributed by atoms with E-state index in [0.717, 1.165) is 136 Å². The Bertz CT molecular complexity index is 3230. The lowest BCUT2D eigenvalue weighted by atomic mass is 9.86. The van der Waals surface area contributed by atoms with Gasteiger partial charge in [-0.15, -0.1) is 0 Å². The summed E-state index contributed by atoms with van der Waals surface area (Å²) in [6.07, 6.45) is 4.43. The van der Waals surface area contributed by atoms with Gasteiger partial charge in [0.15, 0.2) is 5.13 Å². The number of hydrogen-bond donors (Lipinski definition) is 3. The number of benzene rings is 4. The van der Waals surface area contributed by atoms with Crippen molar-refractivity contribution in [1.29, 1.82) is 0 Å². The first kappa shape index (κ1) is 49.6. The van der Waals surface area contributed by atoms with Gasteiger partial charge in [0.05, 0.1) is 32.7 Å². The number of para-hydroxylation sites is 1. The maximum atomic E-state index is 15.0. The third kappa shape index (κ3) is 10.9. The third-order valence-electron chi connectivity index (χ3n) is 15.1. The van der Waals surface area contributed by atoms with Gasteiger partial charge in [-0.2, -0.15) is 18.3 Å². The monoisotopic (exact) mass is 999 g/mol. The molecule has 2 atom stereocenters. The van der Waals surface area contributed by atoms with E-state index in [1.807, 2.05) is 42.1 Å². The van der Waals surface area contributed by atoms with E-state index in [4.69, 9.17) is 15.1 Å². The molecule has 7 aromatic rings. The predicted molar refractivity (Wildman–Crippen MR) is 296 cm³/mol. The zero-order valence-electron chi connectivity index (χ0n) is 41.9. The van der Waals surface area contributed by atoms with Gasteiger partial charge in [-0.3, -0.25) is 9.58 Å². The van der Waals surface area contributed by atoms with Gasteiger partial charge in [-0.25, -0.2) is 9.97 Å². The van der Waals surface area contributed by atoms with E-state index in [1.165, 1.54) is 11.6 Å². The summed E-state index contributed by atoms with van der Waals surface area (Å²) in [6.45, 7) is 27.3. The van der Waals surface area contributed by atoms with Gasteiger partial charge in [-0.1, -0.05) is 106 Å². The highest BCUT2D eigenvalue weighted by molar-refractivity contribution is 7.22. The second kappa shape index (κ2) is 20.9. The summed E-state index contributed by atoms with van der Waals surface area (Å²) in [4.78, 5) is 14.3. The second-order valence-corrected chi connectivity index (χ2v) is 21.3. The molecule has 13 heteroatoms. The van der Waals surface area contributed by atoms with Gasteiger partial charge in [0.1, 0.15) is 5.82 Å². The van der Waals surface area contributed by atoms with Gasteiger partial charge in [0.2, 0.25) is 0 Å². The number of thiazole rings is 1. The number of aryl methyl sites for hydroxylation is 1. The molecule has 6 heterocycles. The highest BCUT2D eigenvalue weighted by Gasteiger charge is 2.35.